The normalized spacial score (nSPS) is 15.0. The summed E-state index contributed by atoms with van der Waals surface area (Å²) < 4.78 is 21.7. The largest absolute Gasteiger partial charge is 0.379 e. The molecule has 1 aliphatic rings. The number of benzene rings is 1. The van der Waals surface area contributed by atoms with Crippen molar-refractivity contribution in [2.75, 3.05) is 44.3 Å². The molecule has 0 N–H and O–H groups in total. The summed E-state index contributed by atoms with van der Waals surface area (Å²) in [7, 11) is 0. The number of aromatic nitrogens is 3. The molecule has 1 aromatic carbocycles. The Morgan fingerprint density at radius 3 is 2.90 bits per heavy atom. The fourth-order valence-corrected chi connectivity index (χ4v) is 4.87. The van der Waals surface area contributed by atoms with Crippen LogP contribution in [0.15, 0.2) is 42.6 Å². The van der Waals surface area contributed by atoms with Gasteiger partial charge in [-0.1, -0.05) is 17.4 Å². The summed E-state index contributed by atoms with van der Waals surface area (Å²) in [5.41, 5.74) is 2.59. The Labute approximate surface area is 182 Å². The van der Waals surface area contributed by atoms with Crippen LogP contribution in [-0.4, -0.2) is 64.6 Å². The van der Waals surface area contributed by atoms with Gasteiger partial charge in [-0.25, -0.2) is 14.4 Å². The summed E-state index contributed by atoms with van der Waals surface area (Å²) in [5.74, 6) is -0.476. The third kappa shape index (κ3) is 3.91. The molecule has 9 heteroatoms. The topological polar surface area (TPSA) is 63.0 Å². The molecule has 0 spiro atoms. The first-order valence-electron chi connectivity index (χ1n) is 10.2. The third-order valence-corrected chi connectivity index (χ3v) is 6.51. The molecular formula is C22H22FN5O2S. The lowest BCUT2D eigenvalue weighted by molar-refractivity contribution is 0.0391. The first kappa shape index (κ1) is 20.0. The average Bonchev–Trinajstić information content (AvgIpc) is 3.34. The van der Waals surface area contributed by atoms with E-state index in [-0.39, 0.29) is 11.7 Å². The molecule has 1 fully saturated rings. The van der Waals surface area contributed by atoms with Gasteiger partial charge in [-0.05, 0) is 37.3 Å². The van der Waals surface area contributed by atoms with Crippen LogP contribution in [0.5, 0.6) is 0 Å². The number of amides is 1. The molecule has 4 aromatic rings. The van der Waals surface area contributed by atoms with E-state index in [4.69, 9.17) is 4.74 Å². The van der Waals surface area contributed by atoms with Crippen molar-refractivity contribution in [2.24, 2.45) is 0 Å². The summed E-state index contributed by atoms with van der Waals surface area (Å²) in [4.78, 5) is 26.9. The van der Waals surface area contributed by atoms with E-state index in [1.165, 1.54) is 23.5 Å². The molecular weight excluding hydrogens is 417 g/mol. The fraction of sp³-hybridized carbons (Fsp3) is 0.318. The Bertz CT molecular complexity index is 1250. The van der Waals surface area contributed by atoms with Gasteiger partial charge in [0.25, 0.3) is 5.91 Å². The maximum absolute atomic E-state index is 13.8. The highest BCUT2D eigenvalue weighted by molar-refractivity contribution is 7.22. The maximum Gasteiger partial charge on any atom is 0.279 e. The van der Waals surface area contributed by atoms with Crippen LogP contribution in [0.3, 0.4) is 0 Å². The predicted octanol–water partition coefficient (Wildman–Crippen LogP) is 3.37. The Morgan fingerprint density at radius 1 is 1.23 bits per heavy atom. The van der Waals surface area contributed by atoms with Crippen LogP contribution in [0.25, 0.3) is 15.9 Å². The van der Waals surface area contributed by atoms with Gasteiger partial charge in [-0.2, -0.15) is 0 Å². The highest BCUT2D eigenvalue weighted by atomic mass is 32.1. The van der Waals surface area contributed by atoms with Crippen molar-refractivity contribution >= 4 is 38.2 Å². The number of hydrogen-bond acceptors (Lipinski definition) is 6. The van der Waals surface area contributed by atoms with Crippen molar-refractivity contribution < 1.29 is 13.9 Å². The fourth-order valence-electron chi connectivity index (χ4n) is 3.85. The summed E-state index contributed by atoms with van der Waals surface area (Å²) >= 11 is 1.32. The number of pyridine rings is 1. The summed E-state index contributed by atoms with van der Waals surface area (Å²) in [6.07, 6.45) is 1.84. The van der Waals surface area contributed by atoms with Gasteiger partial charge in [0.1, 0.15) is 17.2 Å². The monoisotopic (exact) mass is 439 g/mol. The number of anilines is 1. The Hall–Kier alpha value is -2.88. The quantitative estimate of drug-likeness (QED) is 0.477. The van der Waals surface area contributed by atoms with Crippen LogP contribution in [0.4, 0.5) is 9.52 Å². The molecule has 1 aliphatic heterocycles. The molecule has 0 bridgehead atoms. The molecule has 0 radical (unpaired) electrons. The number of hydrogen-bond donors (Lipinski definition) is 0. The lowest BCUT2D eigenvalue weighted by Crippen LogP contribution is -2.43. The van der Waals surface area contributed by atoms with Crippen molar-refractivity contribution in [2.45, 2.75) is 6.92 Å². The van der Waals surface area contributed by atoms with Crippen LogP contribution >= 0.6 is 11.3 Å². The van der Waals surface area contributed by atoms with E-state index in [0.717, 1.165) is 18.7 Å². The minimum atomic E-state index is -0.313. The molecule has 1 amide bonds. The number of ether oxygens (including phenoxy) is 1. The molecule has 1 saturated heterocycles. The molecule has 0 atom stereocenters. The van der Waals surface area contributed by atoms with E-state index in [9.17, 15) is 9.18 Å². The molecule has 5 rings (SSSR count). The summed E-state index contributed by atoms with van der Waals surface area (Å²) in [6, 6.07) is 10.1. The summed E-state index contributed by atoms with van der Waals surface area (Å²) in [5, 5.41) is 0.559. The van der Waals surface area contributed by atoms with Crippen molar-refractivity contribution in [3.63, 3.8) is 0 Å². The number of fused-ring (bicyclic) bond motifs is 2. The lowest BCUT2D eigenvalue weighted by Gasteiger charge is -2.29. The number of halogens is 1. The molecule has 0 unspecified atom stereocenters. The Kier molecular flexibility index (Phi) is 5.39. The van der Waals surface area contributed by atoms with E-state index < -0.39 is 0 Å². The number of aryl methyl sites for hydroxylation is 1. The number of carbonyl (C=O) groups is 1. The summed E-state index contributed by atoms with van der Waals surface area (Å²) in [6.45, 7) is 6.08. The molecule has 0 saturated carbocycles. The second-order valence-corrected chi connectivity index (χ2v) is 8.50. The first-order chi connectivity index (χ1) is 15.1. The van der Waals surface area contributed by atoms with Crippen LogP contribution in [0.1, 0.15) is 16.2 Å². The zero-order valence-electron chi connectivity index (χ0n) is 17.1. The van der Waals surface area contributed by atoms with Crippen LogP contribution < -0.4 is 4.90 Å². The van der Waals surface area contributed by atoms with Crippen LogP contribution in [0.2, 0.25) is 0 Å². The van der Waals surface area contributed by atoms with Crippen molar-refractivity contribution in [1.29, 1.82) is 0 Å². The second kappa shape index (κ2) is 8.33. The molecule has 4 heterocycles. The minimum absolute atomic E-state index is 0.163. The van der Waals surface area contributed by atoms with E-state index in [0.29, 0.717) is 53.0 Å². The lowest BCUT2D eigenvalue weighted by atomic mass is 10.3. The number of rotatable bonds is 5. The van der Waals surface area contributed by atoms with Crippen molar-refractivity contribution in [3.8, 4) is 0 Å². The third-order valence-electron chi connectivity index (χ3n) is 5.47. The Morgan fingerprint density at radius 2 is 2.06 bits per heavy atom. The van der Waals surface area contributed by atoms with Gasteiger partial charge < -0.3 is 4.74 Å². The SMILES string of the molecule is Cc1nc2ccccn2c1C(=O)N(CCN1CCOCC1)c1nc2ccc(F)cc2s1. The zero-order valence-corrected chi connectivity index (χ0v) is 17.9. The standard InChI is InChI=1S/C22H22FN5O2S/c1-15-20(27-7-3-2-4-19(27)24-15)21(29)28(9-8-26-10-12-30-13-11-26)22-25-17-6-5-16(23)14-18(17)31-22/h2-7,14H,8-13H2,1H3. The Balaban J connectivity index is 1.53. The number of thiazole rings is 1. The highest BCUT2D eigenvalue weighted by Crippen LogP contribution is 2.30. The van der Waals surface area contributed by atoms with E-state index in [2.05, 4.69) is 14.9 Å². The van der Waals surface area contributed by atoms with E-state index >= 15 is 0 Å². The van der Waals surface area contributed by atoms with Gasteiger partial charge in [0.2, 0.25) is 0 Å². The smallest absolute Gasteiger partial charge is 0.279 e. The average molecular weight is 440 g/mol. The number of morpholine rings is 1. The molecule has 3 aromatic heterocycles. The van der Waals surface area contributed by atoms with E-state index in [1.54, 1.807) is 11.0 Å². The maximum atomic E-state index is 13.8. The number of imidazole rings is 1. The van der Waals surface area contributed by atoms with Gasteiger partial charge in [0, 0.05) is 32.4 Å². The number of nitrogens with zero attached hydrogens (tertiary/aromatic N) is 5. The van der Waals surface area contributed by atoms with Crippen molar-refractivity contribution in [3.05, 3.63) is 59.8 Å². The highest BCUT2D eigenvalue weighted by Gasteiger charge is 2.27. The minimum Gasteiger partial charge on any atom is -0.379 e. The second-order valence-electron chi connectivity index (χ2n) is 7.49. The van der Waals surface area contributed by atoms with Crippen LogP contribution in [0, 0.1) is 12.7 Å². The van der Waals surface area contributed by atoms with Gasteiger partial charge in [-0.3, -0.25) is 19.0 Å². The van der Waals surface area contributed by atoms with Crippen LogP contribution in [-0.2, 0) is 4.74 Å². The molecule has 31 heavy (non-hydrogen) atoms. The van der Waals surface area contributed by atoms with Gasteiger partial charge in [0.05, 0.1) is 29.1 Å². The van der Waals surface area contributed by atoms with Gasteiger partial charge in [0.15, 0.2) is 5.13 Å². The molecule has 7 nitrogen and oxygen atoms in total. The van der Waals surface area contributed by atoms with Crippen molar-refractivity contribution in [1.82, 2.24) is 19.3 Å². The van der Waals surface area contributed by atoms with E-state index in [1.807, 2.05) is 35.7 Å². The zero-order chi connectivity index (χ0) is 21.4. The molecule has 0 aliphatic carbocycles. The molecule has 160 valence electrons. The number of carbonyl (C=O) groups excluding carboxylic acids is 1. The van der Waals surface area contributed by atoms with Gasteiger partial charge >= 0.3 is 0 Å². The van der Waals surface area contributed by atoms with Gasteiger partial charge in [-0.15, -0.1) is 0 Å². The predicted molar refractivity (Wildman–Crippen MR) is 118 cm³/mol. The first-order valence-corrected chi connectivity index (χ1v) is 11.0.